The molecule has 0 spiro atoms. The van der Waals surface area contributed by atoms with Gasteiger partial charge in [0.05, 0.1) is 0 Å². The topological polar surface area (TPSA) is 72.2 Å². The van der Waals surface area contributed by atoms with Gasteiger partial charge in [-0.15, -0.1) is 0 Å². The Morgan fingerprint density at radius 3 is 2.87 bits per heavy atom. The van der Waals surface area contributed by atoms with Crippen LogP contribution in [-0.4, -0.2) is 20.6 Å². The van der Waals surface area contributed by atoms with Crippen LogP contribution in [0, 0.1) is 5.82 Å². The third-order valence-corrected chi connectivity index (χ3v) is 4.83. The van der Waals surface area contributed by atoms with Gasteiger partial charge in [0.2, 0.25) is 0 Å². The van der Waals surface area contributed by atoms with Crippen molar-refractivity contribution in [3.05, 3.63) is 57.3 Å². The number of rotatable bonds is 5. The fourth-order valence-corrected chi connectivity index (χ4v) is 3.75. The molecule has 5 nitrogen and oxygen atoms in total. The molecule has 120 valence electrons. The second-order valence-electron chi connectivity index (χ2n) is 5.34. The van der Waals surface area contributed by atoms with Crippen molar-refractivity contribution in [1.82, 2.24) is 9.55 Å². The Morgan fingerprint density at radius 1 is 1.35 bits per heavy atom. The average Bonchev–Trinajstić information content (AvgIpc) is 2.99. The molecule has 1 aliphatic rings. The average molecular weight is 334 g/mol. The van der Waals surface area contributed by atoms with Crippen molar-refractivity contribution in [2.24, 2.45) is 0 Å². The number of halogens is 1. The van der Waals surface area contributed by atoms with Crippen molar-refractivity contribution >= 4 is 17.7 Å². The lowest BCUT2D eigenvalue weighted by atomic mass is 10.2. The molecule has 1 aromatic heterocycles. The van der Waals surface area contributed by atoms with Crippen LogP contribution in [-0.2, 0) is 29.9 Å². The normalized spacial score (nSPS) is 13.1. The second kappa shape index (κ2) is 6.54. The van der Waals surface area contributed by atoms with E-state index in [4.69, 9.17) is 5.11 Å². The highest BCUT2D eigenvalue weighted by Gasteiger charge is 2.22. The van der Waals surface area contributed by atoms with Gasteiger partial charge < -0.3 is 9.67 Å². The third-order valence-electron chi connectivity index (χ3n) is 3.81. The quantitative estimate of drug-likeness (QED) is 0.671. The van der Waals surface area contributed by atoms with E-state index in [0.29, 0.717) is 29.1 Å². The molecule has 2 aromatic rings. The molecular weight excluding hydrogens is 319 g/mol. The fraction of sp³-hybridized carbons (Fsp3) is 0.312. The highest BCUT2D eigenvalue weighted by atomic mass is 32.2. The summed E-state index contributed by atoms with van der Waals surface area (Å²) in [6.45, 7) is -0.241. The maximum atomic E-state index is 13.7. The number of thioether (sulfide) groups is 1. The highest BCUT2D eigenvalue weighted by Crippen LogP contribution is 2.26. The molecular formula is C16H15FN2O3S. The summed E-state index contributed by atoms with van der Waals surface area (Å²) in [5.41, 5.74) is 1.56. The molecule has 1 N–H and O–H groups in total. The van der Waals surface area contributed by atoms with Crippen molar-refractivity contribution in [3.8, 4) is 0 Å². The molecule has 1 aliphatic carbocycles. The summed E-state index contributed by atoms with van der Waals surface area (Å²) < 4.78 is 15.3. The van der Waals surface area contributed by atoms with Gasteiger partial charge in [-0.2, -0.15) is 4.98 Å². The minimum absolute atomic E-state index is 0.241. The maximum absolute atomic E-state index is 13.7. The van der Waals surface area contributed by atoms with Crippen molar-refractivity contribution in [2.75, 3.05) is 0 Å². The standard InChI is InChI=1S/C16H15FN2O3S/c17-12-6-2-1-4-10(12)9-23-16-18-15(22)11-5-3-7-13(11)19(16)8-14(20)21/h1-2,4,6H,3,5,7-9H2,(H,20,21). The molecule has 0 bridgehead atoms. The van der Waals surface area contributed by atoms with Gasteiger partial charge in [-0.1, -0.05) is 30.0 Å². The van der Waals surface area contributed by atoms with Crippen molar-refractivity contribution in [1.29, 1.82) is 0 Å². The first-order valence-corrected chi connectivity index (χ1v) is 8.25. The number of aromatic nitrogens is 2. The van der Waals surface area contributed by atoms with Crippen LogP contribution >= 0.6 is 11.8 Å². The van der Waals surface area contributed by atoms with Crippen LogP contribution in [0.25, 0.3) is 0 Å². The number of carboxylic acids is 1. The molecule has 0 saturated carbocycles. The first-order valence-electron chi connectivity index (χ1n) is 7.27. The van der Waals surface area contributed by atoms with Crippen LogP contribution in [0.5, 0.6) is 0 Å². The first kappa shape index (κ1) is 15.7. The molecule has 1 aromatic carbocycles. The minimum Gasteiger partial charge on any atom is -0.480 e. The van der Waals surface area contributed by atoms with E-state index >= 15 is 0 Å². The van der Waals surface area contributed by atoms with E-state index in [1.54, 1.807) is 22.8 Å². The van der Waals surface area contributed by atoms with Crippen LogP contribution in [0.4, 0.5) is 4.39 Å². The Bertz CT molecular complexity index is 819. The van der Waals surface area contributed by atoms with Gasteiger partial charge in [-0.3, -0.25) is 9.59 Å². The lowest BCUT2D eigenvalue weighted by molar-refractivity contribution is -0.137. The summed E-state index contributed by atoms with van der Waals surface area (Å²) in [7, 11) is 0. The molecule has 0 saturated heterocycles. The molecule has 0 unspecified atom stereocenters. The van der Waals surface area contributed by atoms with E-state index in [2.05, 4.69) is 4.98 Å². The molecule has 0 amide bonds. The van der Waals surface area contributed by atoms with Crippen LogP contribution < -0.4 is 5.56 Å². The van der Waals surface area contributed by atoms with Gasteiger partial charge in [0.1, 0.15) is 12.4 Å². The summed E-state index contributed by atoms with van der Waals surface area (Å²) in [6, 6.07) is 6.38. The highest BCUT2D eigenvalue weighted by molar-refractivity contribution is 7.98. The smallest absolute Gasteiger partial charge is 0.323 e. The Hall–Kier alpha value is -2.15. The molecule has 1 heterocycles. The number of aliphatic carboxylic acids is 1. The van der Waals surface area contributed by atoms with Gasteiger partial charge in [-0.05, 0) is 30.9 Å². The Labute approximate surface area is 136 Å². The summed E-state index contributed by atoms with van der Waals surface area (Å²) in [6.07, 6.45) is 2.14. The van der Waals surface area contributed by atoms with E-state index in [1.165, 1.54) is 17.8 Å². The number of benzene rings is 1. The van der Waals surface area contributed by atoms with Gasteiger partial charge in [0.25, 0.3) is 5.56 Å². The van der Waals surface area contributed by atoms with Crippen LogP contribution in [0.1, 0.15) is 23.2 Å². The maximum Gasteiger partial charge on any atom is 0.323 e. The van der Waals surface area contributed by atoms with Gasteiger partial charge in [0, 0.05) is 17.0 Å². The Morgan fingerprint density at radius 2 is 2.13 bits per heavy atom. The van der Waals surface area contributed by atoms with Gasteiger partial charge in [-0.25, -0.2) is 4.39 Å². The second-order valence-corrected chi connectivity index (χ2v) is 6.28. The molecule has 0 fully saturated rings. The molecule has 0 radical (unpaired) electrons. The summed E-state index contributed by atoms with van der Waals surface area (Å²) in [5, 5.41) is 9.46. The summed E-state index contributed by atoms with van der Waals surface area (Å²) in [5.74, 6) is -1.03. The van der Waals surface area contributed by atoms with Crippen LogP contribution in [0.15, 0.2) is 34.2 Å². The predicted molar refractivity (Wildman–Crippen MR) is 84.1 cm³/mol. The Kier molecular flexibility index (Phi) is 4.47. The summed E-state index contributed by atoms with van der Waals surface area (Å²) >= 11 is 1.18. The zero-order valence-corrected chi connectivity index (χ0v) is 13.1. The number of carbonyl (C=O) groups is 1. The number of nitrogens with zero attached hydrogens (tertiary/aromatic N) is 2. The van der Waals surface area contributed by atoms with E-state index < -0.39 is 5.97 Å². The van der Waals surface area contributed by atoms with Crippen molar-refractivity contribution < 1.29 is 14.3 Å². The largest absolute Gasteiger partial charge is 0.480 e. The minimum atomic E-state index is -0.989. The molecule has 0 atom stereocenters. The number of fused-ring (bicyclic) bond motifs is 1. The fourth-order valence-electron chi connectivity index (χ4n) is 2.75. The number of hydrogen-bond donors (Lipinski definition) is 1. The summed E-state index contributed by atoms with van der Waals surface area (Å²) in [4.78, 5) is 27.3. The molecule has 7 heteroatoms. The van der Waals surface area contributed by atoms with Gasteiger partial charge in [0.15, 0.2) is 5.16 Å². The molecule has 23 heavy (non-hydrogen) atoms. The molecule has 3 rings (SSSR count). The van der Waals surface area contributed by atoms with E-state index in [0.717, 1.165) is 12.1 Å². The predicted octanol–water partition coefficient (Wildman–Crippen LogP) is 2.25. The lowest BCUT2D eigenvalue weighted by Gasteiger charge is -2.15. The zero-order valence-electron chi connectivity index (χ0n) is 12.3. The monoisotopic (exact) mass is 334 g/mol. The Balaban J connectivity index is 1.95. The van der Waals surface area contributed by atoms with E-state index in [1.807, 2.05) is 0 Å². The number of carboxylic acid groups (broad SMARTS) is 1. The van der Waals surface area contributed by atoms with Crippen LogP contribution in [0.2, 0.25) is 0 Å². The van der Waals surface area contributed by atoms with Crippen LogP contribution in [0.3, 0.4) is 0 Å². The van der Waals surface area contributed by atoms with E-state index in [-0.39, 0.29) is 23.7 Å². The number of hydrogen-bond acceptors (Lipinski definition) is 4. The van der Waals surface area contributed by atoms with E-state index in [9.17, 15) is 14.0 Å². The molecule has 0 aliphatic heterocycles. The van der Waals surface area contributed by atoms with Crippen molar-refractivity contribution in [3.63, 3.8) is 0 Å². The zero-order chi connectivity index (χ0) is 16.4. The third kappa shape index (κ3) is 3.29. The first-order chi connectivity index (χ1) is 11.1. The SMILES string of the molecule is O=C(O)Cn1c(SCc2ccccc2F)nc(=O)c2c1CCC2. The van der Waals surface area contributed by atoms with Crippen molar-refractivity contribution in [2.45, 2.75) is 36.7 Å². The van der Waals surface area contributed by atoms with Gasteiger partial charge >= 0.3 is 5.97 Å². The lowest BCUT2D eigenvalue weighted by Crippen LogP contribution is -2.24.